The van der Waals surface area contributed by atoms with Gasteiger partial charge in [-0.2, -0.15) is 149 Å². The second-order valence-corrected chi connectivity index (χ2v) is 13.7. The van der Waals surface area contributed by atoms with Gasteiger partial charge in [0, 0.05) is 12.8 Å². The van der Waals surface area contributed by atoms with Crippen molar-refractivity contribution in [3.63, 3.8) is 0 Å². The highest BCUT2D eigenvalue weighted by molar-refractivity contribution is 5.86. The quantitative estimate of drug-likeness (QED) is 0.0654. The number of alkyl halides is 34. The van der Waals surface area contributed by atoms with E-state index in [2.05, 4.69) is 9.47 Å². The van der Waals surface area contributed by atoms with Gasteiger partial charge in [0.25, 0.3) is 0 Å². The van der Waals surface area contributed by atoms with Crippen molar-refractivity contribution in [2.24, 2.45) is 0 Å². The fourth-order valence-corrected chi connectivity index (χ4v) is 4.45. The first-order chi connectivity index (χ1) is 30.7. The lowest BCUT2D eigenvalue weighted by atomic mass is 9.88. The summed E-state index contributed by atoms with van der Waals surface area (Å²) in [5, 5.41) is 9.81. The molecule has 0 aliphatic carbocycles. The third-order valence-corrected chi connectivity index (χ3v) is 8.74. The van der Waals surface area contributed by atoms with Crippen LogP contribution < -0.4 is 5.32 Å². The van der Waals surface area contributed by atoms with E-state index in [0.29, 0.717) is 0 Å². The first-order valence-electron chi connectivity index (χ1n) is 17.0. The molecular formula is C29H19F34NO7. The summed E-state index contributed by atoms with van der Waals surface area (Å²) in [4.78, 5) is 46.8. The van der Waals surface area contributed by atoms with Crippen molar-refractivity contribution in [1.29, 1.82) is 0 Å². The van der Waals surface area contributed by atoms with Gasteiger partial charge in [0.05, 0.1) is 32.5 Å². The molecule has 8 nitrogen and oxygen atoms in total. The molecule has 0 radical (unpaired) electrons. The molecule has 0 aliphatic heterocycles. The zero-order chi connectivity index (χ0) is 57.7. The molecule has 0 aromatic carbocycles. The van der Waals surface area contributed by atoms with Gasteiger partial charge in [-0.15, -0.1) is 0 Å². The molecule has 1 amide bonds. The maximum absolute atomic E-state index is 14.2. The largest absolute Gasteiger partial charge is 0.481 e. The highest BCUT2D eigenvalue weighted by Gasteiger charge is 2.97. The van der Waals surface area contributed by atoms with Crippen molar-refractivity contribution in [3.8, 4) is 0 Å². The molecular weight excluding hydrogens is 1120 g/mol. The molecule has 0 spiro atoms. The van der Waals surface area contributed by atoms with E-state index in [1.165, 1.54) is 5.32 Å². The molecule has 0 rings (SSSR count). The zero-order valence-electron chi connectivity index (χ0n) is 32.5. The number of amides is 1. The summed E-state index contributed by atoms with van der Waals surface area (Å²) in [5.74, 6) is -128. The van der Waals surface area contributed by atoms with Crippen LogP contribution >= 0.6 is 0 Å². The third kappa shape index (κ3) is 11.2. The SMILES string of the molecule is O=C(O)CCC(=O)NC(CCC(=O)OCCC(F)(F)C(F)(F)C(F)(F)C(F)(F)C(F)(F)C(F)(F)C(F)(F)C(F)(F)F)C(=O)OCCC(F)(F)C(F)(F)C(F)(F)C(F)(F)C(F)(F)C(F)(F)C(F)(F)C(F)(F)F. The van der Waals surface area contributed by atoms with Gasteiger partial charge < -0.3 is 19.9 Å². The molecule has 0 bridgehead atoms. The predicted octanol–water partition coefficient (Wildman–Crippen LogP) is 11.0. The second kappa shape index (κ2) is 19.7. The lowest BCUT2D eigenvalue weighted by Crippen LogP contribution is -2.74. The van der Waals surface area contributed by atoms with Crippen molar-refractivity contribution in [2.75, 3.05) is 13.2 Å². The molecule has 0 heterocycles. The number of hydrogen-bond donors (Lipinski definition) is 2. The van der Waals surface area contributed by atoms with Gasteiger partial charge in [0.1, 0.15) is 6.04 Å². The Bertz CT molecular complexity index is 1910. The number of ether oxygens (including phenoxy) is 2. The fourth-order valence-electron chi connectivity index (χ4n) is 4.45. The molecule has 0 aliphatic rings. The highest BCUT2D eigenvalue weighted by atomic mass is 19.4. The van der Waals surface area contributed by atoms with Gasteiger partial charge in [-0.1, -0.05) is 0 Å². The van der Waals surface area contributed by atoms with Crippen LogP contribution in [0.2, 0.25) is 0 Å². The van der Waals surface area contributed by atoms with E-state index in [0.717, 1.165) is 0 Å². The molecule has 42 heteroatoms. The first-order valence-corrected chi connectivity index (χ1v) is 17.0. The maximum atomic E-state index is 14.2. The number of hydrogen-bond acceptors (Lipinski definition) is 6. The Morgan fingerprint density at radius 3 is 0.915 bits per heavy atom. The van der Waals surface area contributed by atoms with Crippen LogP contribution in [-0.2, 0) is 28.7 Å². The van der Waals surface area contributed by atoms with E-state index in [1.54, 1.807) is 0 Å². The minimum absolute atomic E-state index is 1.24. The molecule has 0 aromatic heterocycles. The average molecular weight is 1140 g/mol. The van der Waals surface area contributed by atoms with E-state index < -0.39 is 177 Å². The van der Waals surface area contributed by atoms with Crippen LogP contribution in [0.3, 0.4) is 0 Å². The van der Waals surface area contributed by atoms with Crippen LogP contribution in [0.15, 0.2) is 0 Å². The molecule has 1 atom stereocenters. The number of aliphatic carboxylic acids is 1. The summed E-state index contributed by atoms with van der Waals surface area (Å²) >= 11 is 0. The smallest absolute Gasteiger partial charge is 0.460 e. The van der Waals surface area contributed by atoms with Gasteiger partial charge in [-0.05, 0) is 6.42 Å². The topological polar surface area (TPSA) is 119 Å². The zero-order valence-corrected chi connectivity index (χ0v) is 32.5. The minimum Gasteiger partial charge on any atom is -0.481 e. The number of carbonyl (C=O) groups excluding carboxylic acids is 3. The Balaban J connectivity index is 6.40. The molecule has 0 aromatic rings. The van der Waals surface area contributed by atoms with Crippen LogP contribution in [0.5, 0.6) is 0 Å². The van der Waals surface area contributed by atoms with E-state index in [4.69, 9.17) is 5.11 Å². The van der Waals surface area contributed by atoms with Gasteiger partial charge in [-0.25, -0.2) is 4.79 Å². The Morgan fingerprint density at radius 1 is 0.366 bits per heavy atom. The summed E-state index contributed by atoms with van der Waals surface area (Å²) in [5.41, 5.74) is 0. The van der Waals surface area contributed by atoms with E-state index in [9.17, 15) is 168 Å². The lowest BCUT2D eigenvalue weighted by Gasteiger charge is -2.42. The molecule has 0 saturated carbocycles. The number of rotatable bonds is 26. The van der Waals surface area contributed by atoms with Crippen LogP contribution in [0.1, 0.15) is 38.5 Å². The summed E-state index contributed by atoms with van der Waals surface area (Å²) in [6, 6.07) is -2.89. The van der Waals surface area contributed by atoms with E-state index in [1.807, 2.05) is 0 Å². The van der Waals surface area contributed by atoms with Crippen LogP contribution in [0.4, 0.5) is 149 Å². The van der Waals surface area contributed by atoms with Gasteiger partial charge in [0.15, 0.2) is 0 Å². The van der Waals surface area contributed by atoms with E-state index in [-0.39, 0.29) is 0 Å². The summed E-state index contributed by atoms with van der Waals surface area (Å²) < 4.78 is 464. The fraction of sp³-hybridized carbons (Fsp3) is 0.862. The third-order valence-electron chi connectivity index (χ3n) is 8.74. The number of carbonyl (C=O) groups is 4. The van der Waals surface area contributed by atoms with Gasteiger partial charge in [0.2, 0.25) is 5.91 Å². The lowest BCUT2D eigenvalue weighted by molar-refractivity contribution is -0.461. The van der Waals surface area contributed by atoms with Gasteiger partial charge in [-0.3, -0.25) is 14.4 Å². The number of esters is 2. The summed E-state index contributed by atoms with van der Waals surface area (Å²) in [7, 11) is 0. The molecule has 71 heavy (non-hydrogen) atoms. The summed E-state index contributed by atoms with van der Waals surface area (Å²) in [6.45, 7) is -5.39. The number of carboxylic acids is 1. The monoisotopic (exact) mass is 1140 g/mol. The average Bonchev–Trinajstić information content (AvgIpc) is 3.16. The van der Waals surface area contributed by atoms with E-state index >= 15 is 0 Å². The standard InChI is InChI=1S/C29H19F34NO7/c30-14(31,16(34,35)18(38,39)20(42,43)22(46,47)24(50,51)26(54,55)28(58,59)60)5-7-70-12(68)4-1-9(64-10(65)2-3-11(66)67)13(69)71-8-6-15(32,33)17(36,37)19(40,41)21(44,45)23(48,49)25(52,53)27(56,57)29(61,62)63/h9H,1-8H2,(H,64,65)(H,66,67). The highest BCUT2D eigenvalue weighted by Crippen LogP contribution is 2.66. The Morgan fingerprint density at radius 2 is 0.634 bits per heavy atom. The van der Waals surface area contributed by atoms with Crippen LogP contribution in [0, 0.1) is 0 Å². The molecule has 1 unspecified atom stereocenters. The summed E-state index contributed by atoms with van der Waals surface area (Å²) in [6.07, 6.45) is -29.3. The molecule has 0 saturated heterocycles. The first kappa shape index (κ1) is 66.5. The maximum Gasteiger partial charge on any atom is 0.460 e. The van der Waals surface area contributed by atoms with Crippen molar-refractivity contribution in [1.82, 2.24) is 5.32 Å². The molecule has 420 valence electrons. The van der Waals surface area contributed by atoms with Crippen LogP contribution in [-0.4, -0.2) is 143 Å². The minimum atomic E-state index is -9.04. The van der Waals surface area contributed by atoms with Gasteiger partial charge >= 0.3 is 113 Å². The Kier molecular flexibility index (Phi) is 18.5. The van der Waals surface area contributed by atoms with Crippen molar-refractivity contribution < 1.29 is 183 Å². The predicted molar refractivity (Wildman–Crippen MR) is 151 cm³/mol. The normalized spacial score (nSPS) is 15.9. The number of carboxylic acid groups (broad SMARTS) is 1. The van der Waals surface area contributed by atoms with Crippen molar-refractivity contribution >= 4 is 23.8 Å². The van der Waals surface area contributed by atoms with Crippen molar-refractivity contribution in [2.45, 2.75) is 140 Å². The Labute approximate surface area is 366 Å². The van der Waals surface area contributed by atoms with Crippen molar-refractivity contribution in [3.05, 3.63) is 0 Å². The van der Waals surface area contributed by atoms with Crippen LogP contribution in [0.25, 0.3) is 0 Å². The Hall–Kier alpha value is -4.50. The molecule has 2 N–H and O–H groups in total. The number of halogens is 34. The number of nitrogens with one attached hydrogen (secondary N) is 1. The second-order valence-electron chi connectivity index (χ2n) is 13.7. The molecule has 0 fully saturated rings.